The van der Waals surface area contributed by atoms with Crippen molar-refractivity contribution in [1.82, 2.24) is 0 Å². The van der Waals surface area contributed by atoms with Crippen molar-refractivity contribution in [3.63, 3.8) is 0 Å². The minimum absolute atomic E-state index is 0.0409. The Balaban J connectivity index is 5.18. The van der Waals surface area contributed by atoms with E-state index in [2.05, 4.69) is 53.8 Å². The molecule has 0 aliphatic carbocycles. The summed E-state index contributed by atoms with van der Waals surface area (Å²) in [5.41, 5.74) is 0.826. The zero-order chi connectivity index (χ0) is 15.5. The molecule has 0 fully saturated rings. The Bertz CT molecular complexity index is 331. The van der Waals surface area contributed by atoms with E-state index in [1.807, 2.05) is 13.8 Å². The third-order valence-corrected chi connectivity index (χ3v) is 8.60. The van der Waals surface area contributed by atoms with Crippen LogP contribution in [0.4, 0.5) is 0 Å². The van der Waals surface area contributed by atoms with E-state index in [0.29, 0.717) is 0 Å². The van der Waals surface area contributed by atoms with Crippen LogP contribution in [0.15, 0.2) is 11.6 Å². The van der Waals surface area contributed by atoms with Crippen LogP contribution < -0.4 is 0 Å². The predicted molar refractivity (Wildman–Crippen MR) is 86.0 cm³/mol. The van der Waals surface area contributed by atoms with Gasteiger partial charge in [0.05, 0.1) is 6.10 Å². The molecule has 0 spiro atoms. The van der Waals surface area contributed by atoms with E-state index in [4.69, 9.17) is 4.43 Å². The number of carbonyl (C=O) groups is 1. The van der Waals surface area contributed by atoms with Crippen molar-refractivity contribution in [1.29, 1.82) is 0 Å². The number of rotatable bonds is 6. The van der Waals surface area contributed by atoms with Gasteiger partial charge in [-0.2, -0.15) is 0 Å². The van der Waals surface area contributed by atoms with Crippen molar-refractivity contribution in [3.05, 3.63) is 11.6 Å². The van der Waals surface area contributed by atoms with Gasteiger partial charge in [-0.25, -0.2) is 0 Å². The maximum Gasteiger partial charge on any atom is 0.192 e. The summed E-state index contributed by atoms with van der Waals surface area (Å²) in [5.74, 6) is 0. The number of aldehydes is 1. The van der Waals surface area contributed by atoms with E-state index in [0.717, 1.165) is 12.7 Å². The first-order valence-electron chi connectivity index (χ1n) is 7.11. The summed E-state index contributed by atoms with van der Waals surface area (Å²) in [6.07, 6.45) is 3.97. The highest BCUT2D eigenvalue weighted by atomic mass is 28.4. The third-order valence-electron chi connectivity index (χ3n) is 4.12. The lowest BCUT2D eigenvalue weighted by molar-refractivity contribution is -0.119. The van der Waals surface area contributed by atoms with Gasteiger partial charge in [-0.05, 0) is 38.4 Å². The van der Waals surface area contributed by atoms with Gasteiger partial charge in [0, 0.05) is 5.41 Å². The topological polar surface area (TPSA) is 26.3 Å². The van der Waals surface area contributed by atoms with Gasteiger partial charge in [-0.15, -0.1) is 0 Å². The first kappa shape index (κ1) is 18.6. The largest absolute Gasteiger partial charge is 0.413 e. The van der Waals surface area contributed by atoms with Crippen molar-refractivity contribution in [2.45, 2.75) is 79.1 Å². The molecule has 2 nitrogen and oxygen atoms in total. The molecular formula is C16H32O2Si. The molecule has 0 aromatic rings. The van der Waals surface area contributed by atoms with Crippen molar-refractivity contribution in [3.8, 4) is 0 Å². The second-order valence-corrected chi connectivity index (χ2v) is 12.6. The fourth-order valence-electron chi connectivity index (χ4n) is 1.45. The van der Waals surface area contributed by atoms with Crippen LogP contribution in [0.2, 0.25) is 18.1 Å². The summed E-state index contributed by atoms with van der Waals surface area (Å²) in [5, 5.41) is 0.162. The lowest BCUT2D eigenvalue weighted by atomic mass is 9.86. The van der Waals surface area contributed by atoms with E-state index in [-0.39, 0.29) is 11.1 Å². The summed E-state index contributed by atoms with van der Waals surface area (Å²) >= 11 is 0. The molecule has 0 saturated carbocycles. The number of allylic oxidation sites excluding steroid dienone is 1. The first-order valence-corrected chi connectivity index (χ1v) is 10.0. The van der Waals surface area contributed by atoms with Gasteiger partial charge in [0.2, 0.25) is 0 Å². The van der Waals surface area contributed by atoms with Crippen molar-refractivity contribution in [2.75, 3.05) is 0 Å². The monoisotopic (exact) mass is 284 g/mol. The highest BCUT2D eigenvalue weighted by molar-refractivity contribution is 6.74. The molecule has 112 valence electrons. The molecule has 0 saturated heterocycles. The Labute approximate surface area is 120 Å². The standard InChI is InChI=1S/C16H32O2Si/c1-13(2)10-11-14(16(6,7)12-17)18-19(8,9)15(3,4)5/h10,12,14H,11H2,1-9H3/t14-/m0/s1. The average Bonchev–Trinajstić information content (AvgIpc) is 2.22. The molecule has 3 heteroatoms. The van der Waals surface area contributed by atoms with E-state index in [1.165, 1.54) is 5.57 Å². The molecule has 0 heterocycles. The molecule has 0 aromatic carbocycles. The molecule has 0 amide bonds. The van der Waals surface area contributed by atoms with Crippen LogP contribution in [-0.2, 0) is 9.22 Å². The molecule has 0 N–H and O–H groups in total. The Morgan fingerprint density at radius 1 is 1.16 bits per heavy atom. The Hall–Kier alpha value is -0.413. The van der Waals surface area contributed by atoms with Gasteiger partial charge in [-0.1, -0.05) is 46.3 Å². The van der Waals surface area contributed by atoms with Gasteiger partial charge in [-0.3, -0.25) is 0 Å². The van der Waals surface area contributed by atoms with E-state index >= 15 is 0 Å². The third kappa shape index (κ3) is 5.61. The van der Waals surface area contributed by atoms with Crippen LogP contribution in [0.25, 0.3) is 0 Å². The Kier molecular flexibility index (Phi) is 6.22. The molecule has 19 heavy (non-hydrogen) atoms. The lowest BCUT2D eigenvalue weighted by Gasteiger charge is -2.42. The van der Waals surface area contributed by atoms with Crippen LogP contribution in [0.5, 0.6) is 0 Å². The molecule has 0 aromatic heterocycles. The predicted octanol–water partition coefficient (Wildman–Crippen LogP) is 4.96. The van der Waals surface area contributed by atoms with E-state index in [9.17, 15) is 4.79 Å². The minimum Gasteiger partial charge on any atom is -0.413 e. The molecule has 0 rings (SSSR count). The van der Waals surface area contributed by atoms with E-state index < -0.39 is 13.7 Å². The Morgan fingerprint density at radius 3 is 1.95 bits per heavy atom. The van der Waals surface area contributed by atoms with Crippen molar-refractivity contribution < 1.29 is 9.22 Å². The summed E-state index contributed by atoms with van der Waals surface area (Å²) in [6, 6.07) is 0. The number of carbonyl (C=O) groups excluding carboxylic acids is 1. The molecule has 0 aliphatic heterocycles. The number of hydrogen-bond acceptors (Lipinski definition) is 2. The van der Waals surface area contributed by atoms with E-state index in [1.54, 1.807) is 0 Å². The van der Waals surface area contributed by atoms with Crippen LogP contribution >= 0.6 is 0 Å². The second-order valence-electron chi connectivity index (χ2n) is 7.82. The molecular weight excluding hydrogens is 252 g/mol. The van der Waals surface area contributed by atoms with Crippen LogP contribution in [0.1, 0.15) is 54.9 Å². The maximum absolute atomic E-state index is 11.4. The van der Waals surface area contributed by atoms with Gasteiger partial charge in [0.15, 0.2) is 8.32 Å². The second kappa shape index (κ2) is 6.36. The first-order chi connectivity index (χ1) is 8.33. The fraction of sp³-hybridized carbons (Fsp3) is 0.812. The number of hydrogen-bond donors (Lipinski definition) is 0. The van der Waals surface area contributed by atoms with Gasteiger partial charge >= 0.3 is 0 Å². The molecule has 0 bridgehead atoms. The zero-order valence-corrected chi connectivity index (χ0v) is 15.3. The summed E-state index contributed by atoms with van der Waals surface area (Å²) in [6.45, 7) is 19.3. The van der Waals surface area contributed by atoms with Crippen LogP contribution in [0.3, 0.4) is 0 Å². The lowest BCUT2D eigenvalue weighted by Crippen LogP contribution is -2.48. The molecule has 1 atom stereocenters. The van der Waals surface area contributed by atoms with Gasteiger partial charge in [0.1, 0.15) is 6.29 Å². The highest BCUT2D eigenvalue weighted by Gasteiger charge is 2.42. The SMILES string of the molecule is CC(C)=CC[C@H](O[Si](C)(C)C(C)(C)C)C(C)(C)C=O. The van der Waals surface area contributed by atoms with Crippen molar-refractivity contribution >= 4 is 14.6 Å². The molecule has 0 aliphatic rings. The Morgan fingerprint density at radius 2 is 1.63 bits per heavy atom. The normalized spacial score (nSPS) is 15.0. The smallest absolute Gasteiger partial charge is 0.192 e. The molecule has 0 radical (unpaired) electrons. The summed E-state index contributed by atoms with van der Waals surface area (Å²) in [4.78, 5) is 11.4. The maximum atomic E-state index is 11.4. The van der Waals surface area contributed by atoms with Gasteiger partial charge < -0.3 is 9.22 Å². The van der Waals surface area contributed by atoms with Crippen LogP contribution in [-0.4, -0.2) is 20.7 Å². The van der Waals surface area contributed by atoms with Crippen LogP contribution in [0, 0.1) is 5.41 Å². The summed E-state index contributed by atoms with van der Waals surface area (Å²) < 4.78 is 6.47. The fourth-order valence-corrected chi connectivity index (χ4v) is 2.92. The summed E-state index contributed by atoms with van der Waals surface area (Å²) in [7, 11) is -1.85. The quantitative estimate of drug-likeness (QED) is 0.391. The minimum atomic E-state index is -1.85. The zero-order valence-electron chi connectivity index (χ0n) is 14.3. The van der Waals surface area contributed by atoms with Gasteiger partial charge in [0.25, 0.3) is 0 Å². The average molecular weight is 285 g/mol. The molecule has 0 unspecified atom stereocenters. The highest BCUT2D eigenvalue weighted by Crippen LogP contribution is 2.40. The van der Waals surface area contributed by atoms with Crippen molar-refractivity contribution in [2.24, 2.45) is 5.41 Å².